The van der Waals surface area contributed by atoms with E-state index < -0.39 is 23.6 Å². The van der Waals surface area contributed by atoms with E-state index in [1.54, 1.807) is 6.92 Å². The van der Waals surface area contributed by atoms with Gasteiger partial charge in [0.25, 0.3) is 0 Å². The van der Waals surface area contributed by atoms with Gasteiger partial charge < -0.3 is 20.3 Å². The molecule has 0 rings (SSSR count). The van der Waals surface area contributed by atoms with Crippen LogP contribution in [0.25, 0.3) is 0 Å². The van der Waals surface area contributed by atoms with Crippen LogP contribution in [0.5, 0.6) is 0 Å². The maximum atomic E-state index is 11.8. The van der Waals surface area contributed by atoms with Crippen molar-refractivity contribution in [3.63, 3.8) is 0 Å². The minimum absolute atomic E-state index is 0.00754. The molecule has 0 unspecified atom stereocenters. The van der Waals surface area contributed by atoms with E-state index in [0.717, 1.165) is 7.11 Å². The molecule has 0 spiro atoms. The molecule has 0 bridgehead atoms. The average molecular weight is 276 g/mol. The molecule has 8 heteroatoms. The summed E-state index contributed by atoms with van der Waals surface area (Å²) in [5.74, 6) is -2.52. The molecule has 0 aliphatic rings. The summed E-state index contributed by atoms with van der Waals surface area (Å²) in [5, 5.41) is 11.3. The Balaban J connectivity index is 5.15. The largest absolute Gasteiger partial charge is 0.479 e. The number of aliphatic carboxylic acids is 1. The normalized spacial score (nSPS) is 13.2. The van der Waals surface area contributed by atoms with Crippen molar-refractivity contribution in [2.24, 2.45) is 5.73 Å². The first kappa shape index (κ1) is 17.2. The highest BCUT2D eigenvalue weighted by Crippen LogP contribution is 2.18. The van der Waals surface area contributed by atoms with Crippen LogP contribution < -0.4 is 11.1 Å². The van der Waals surface area contributed by atoms with Crippen LogP contribution in [0.4, 0.5) is 4.79 Å². The Bertz CT molecular complexity index is 333. The molecule has 0 saturated heterocycles. The number of methoxy groups -OCH3 is 1. The molecular formula is C11H20N2O6. The standard InChI is InChI=1S/C11H20N2O6/c1-3-19-9(16)11(8(14)15,6-4-5-7-12)13-10(17)18-2/h3-7,12H2,1-2H3,(H,13,17)(H,14,15)/t11-/m0/s1. The minimum Gasteiger partial charge on any atom is -0.479 e. The fourth-order valence-corrected chi connectivity index (χ4v) is 1.48. The highest BCUT2D eigenvalue weighted by molar-refractivity contribution is 6.06. The summed E-state index contributed by atoms with van der Waals surface area (Å²) in [6.07, 6.45) is -0.251. The number of nitrogens with two attached hydrogens (primary N) is 1. The molecule has 0 aliphatic carbocycles. The van der Waals surface area contributed by atoms with E-state index in [2.05, 4.69) is 4.74 Å². The molecule has 1 amide bonds. The number of ether oxygens (including phenoxy) is 2. The number of carboxylic acid groups (broad SMARTS) is 1. The topological polar surface area (TPSA) is 128 Å². The zero-order valence-electron chi connectivity index (χ0n) is 11.1. The Morgan fingerprint density at radius 2 is 1.95 bits per heavy atom. The van der Waals surface area contributed by atoms with Gasteiger partial charge >= 0.3 is 18.0 Å². The number of rotatable bonds is 8. The zero-order valence-corrected chi connectivity index (χ0v) is 11.1. The molecule has 1 atom stereocenters. The van der Waals surface area contributed by atoms with Crippen molar-refractivity contribution >= 4 is 18.0 Å². The van der Waals surface area contributed by atoms with E-state index in [9.17, 15) is 19.5 Å². The molecule has 0 aromatic rings. The SMILES string of the molecule is CCOC(=O)[C@@](CCCCN)(NC(=O)OC)C(=O)O. The number of esters is 1. The van der Waals surface area contributed by atoms with Crippen molar-refractivity contribution in [3.8, 4) is 0 Å². The number of unbranched alkanes of at least 4 members (excludes halogenated alkanes) is 1. The lowest BCUT2D eigenvalue weighted by Gasteiger charge is -2.27. The van der Waals surface area contributed by atoms with Gasteiger partial charge in [0.15, 0.2) is 0 Å². The second-order valence-corrected chi connectivity index (χ2v) is 3.79. The van der Waals surface area contributed by atoms with E-state index in [0.29, 0.717) is 19.4 Å². The quantitative estimate of drug-likeness (QED) is 0.319. The molecule has 0 heterocycles. The predicted octanol–water partition coefficient (Wildman–Crippen LogP) is -0.142. The summed E-state index contributed by atoms with van der Waals surface area (Å²) in [6, 6.07) is 0. The zero-order chi connectivity index (χ0) is 14.9. The Hall–Kier alpha value is -1.83. The van der Waals surface area contributed by atoms with E-state index >= 15 is 0 Å². The van der Waals surface area contributed by atoms with E-state index in [1.165, 1.54) is 0 Å². The van der Waals surface area contributed by atoms with Crippen LogP contribution in [0.1, 0.15) is 26.2 Å². The number of amides is 1. The van der Waals surface area contributed by atoms with Gasteiger partial charge in [-0.05, 0) is 32.7 Å². The van der Waals surface area contributed by atoms with Gasteiger partial charge in [-0.2, -0.15) is 0 Å². The fourth-order valence-electron chi connectivity index (χ4n) is 1.48. The van der Waals surface area contributed by atoms with E-state index in [-0.39, 0.29) is 13.0 Å². The number of hydrogen-bond acceptors (Lipinski definition) is 6. The lowest BCUT2D eigenvalue weighted by molar-refractivity contribution is -0.163. The van der Waals surface area contributed by atoms with Gasteiger partial charge in [-0.25, -0.2) is 14.4 Å². The number of carbonyl (C=O) groups excluding carboxylic acids is 2. The lowest BCUT2D eigenvalue weighted by Crippen LogP contribution is -2.60. The van der Waals surface area contributed by atoms with Crippen LogP contribution in [0.3, 0.4) is 0 Å². The van der Waals surface area contributed by atoms with Crippen molar-refractivity contribution in [2.75, 3.05) is 20.3 Å². The number of nitrogens with one attached hydrogen (secondary N) is 1. The molecule has 0 aliphatic heterocycles. The first-order valence-corrected chi connectivity index (χ1v) is 5.91. The van der Waals surface area contributed by atoms with Gasteiger partial charge in [0, 0.05) is 0 Å². The van der Waals surface area contributed by atoms with Crippen LogP contribution in [0.2, 0.25) is 0 Å². The summed E-state index contributed by atoms with van der Waals surface area (Å²) in [6.45, 7) is 1.91. The number of carboxylic acids is 1. The molecular weight excluding hydrogens is 256 g/mol. The third-order valence-electron chi connectivity index (χ3n) is 2.50. The average Bonchev–Trinajstić information content (AvgIpc) is 2.37. The van der Waals surface area contributed by atoms with Gasteiger partial charge in [-0.3, -0.25) is 5.32 Å². The number of alkyl carbamates (subject to hydrolysis) is 1. The third-order valence-corrected chi connectivity index (χ3v) is 2.50. The van der Waals surface area contributed by atoms with Crippen molar-refractivity contribution in [1.82, 2.24) is 5.32 Å². The maximum absolute atomic E-state index is 11.8. The highest BCUT2D eigenvalue weighted by atomic mass is 16.6. The molecule has 110 valence electrons. The molecule has 0 aromatic carbocycles. The Labute approximate surface area is 111 Å². The Morgan fingerprint density at radius 1 is 1.32 bits per heavy atom. The van der Waals surface area contributed by atoms with Crippen molar-refractivity contribution in [2.45, 2.75) is 31.7 Å². The van der Waals surface area contributed by atoms with E-state index in [4.69, 9.17) is 10.5 Å². The van der Waals surface area contributed by atoms with Crippen LogP contribution in [0, 0.1) is 0 Å². The van der Waals surface area contributed by atoms with Crippen molar-refractivity contribution in [1.29, 1.82) is 0 Å². The summed E-state index contributed by atoms with van der Waals surface area (Å²) >= 11 is 0. The van der Waals surface area contributed by atoms with Crippen LogP contribution in [0.15, 0.2) is 0 Å². The smallest absolute Gasteiger partial charge is 0.408 e. The third kappa shape index (κ3) is 4.74. The number of hydrogen-bond donors (Lipinski definition) is 3. The summed E-state index contributed by atoms with van der Waals surface area (Å²) in [7, 11) is 1.08. The molecule has 4 N–H and O–H groups in total. The second-order valence-electron chi connectivity index (χ2n) is 3.79. The van der Waals surface area contributed by atoms with Gasteiger partial charge in [-0.15, -0.1) is 0 Å². The van der Waals surface area contributed by atoms with Crippen molar-refractivity contribution in [3.05, 3.63) is 0 Å². The monoisotopic (exact) mass is 276 g/mol. The molecule has 0 radical (unpaired) electrons. The number of carbonyl (C=O) groups is 3. The lowest BCUT2D eigenvalue weighted by atomic mass is 9.92. The minimum atomic E-state index is -2.14. The summed E-state index contributed by atoms with van der Waals surface area (Å²) in [5.41, 5.74) is 3.18. The fraction of sp³-hybridized carbons (Fsp3) is 0.727. The van der Waals surface area contributed by atoms with Crippen LogP contribution in [-0.4, -0.2) is 48.9 Å². The van der Waals surface area contributed by atoms with Gasteiger partial charge in [0.1, 0.15) is 0 Å². The van der Waals surface area contributed by atoms with Gasteiger partial charge in [0.05, 0.1) is 13.7 Å². The Morgan fingerprint density at radius 3 is 2.37 bits per heavy atom. The Kier molecular flexibility index (Phi) is 7.50. The molecule has 0 fully saturated rings. The van der Waals surface area contributed by atoms with E-state index in [1.807, 2.05) is 5.32 Å². The van der Waals surface area contributed by atoms with Crippen molar-refractivity contribution < 1.29 is 29.0 Å². The molecule has 19 heavy (non-hydrogen) atoms. The highest BCUT2D eigenvalue weighted by Gasteiger charge is 2.49. The van der Waals surface area contributed by atoms with Crippen LogP contribution in [-0.2, 0) is 19.1 Å². The molecule has 0 aromatic heterocycles. The summed E-state index contributed by atoms with van der Waals surface area (Å²) < 4.78 is 9.07. The first-order chi connectivity index (χ1) is 8.94. The second kappa shape index (κ2) is 8.30. The first-order valence-electron chi connectivity index (χ1n) is 5.91. The predicted molar refractivity (Wildman–Crippen MR) is 65.4 cm³/mol. The molecule has 0 saturated carbocycles. The van der Waals surface area contributed by atoms with Crippen LogP contribution >= 0.6 is 0 Å². The van der Waals surface area contributed by atoms with Gasteiger partial charge in [0.2, 0.25) is 5.54 Å². The maximum Gasteiger partial charge on any atom is 0.408 e. The summed E-state index contributed by atoms with van der Waals surface area (Å²) in [4.78, 5) is 34.5. The molecule has 8 nitrogen and oxygen atoms in total. The van der Waals surface area contributed by atoms with Gasteiger partial charge in [-0.1, -0.05) is 0 Å².